The largest absolute Gasteiger partial charge is 0.383 e. The van der Waals surface area contributed by atoms with Gasteiger partial charge < -0.3 is 14.6 Å². The van der Waals surface area contributed by atoms with Gasteiger partial charge >= 0.3 is 0 Å². The molecule has 0 amide bonds. The van der Waals surface area contributed by atoms with Gasteiger partial charge in [-0.2, -0.15) is 0 Å². The van der Waals surface area contributed by atoms with E-state index in [1.54, 1.807) is 18.2 Å². The second-order valence-electron chi connectivity index (χ2n) is 5.82. The van der Waals surface area contributed by atoms with E-state index in [4.69, 9.17) is 4.74 Å². The molecule has 1 aliphatic carbocycles. The molecular formula is C18H24N2O. The molecule has 1 aliphatic rings. The van der Waals surface area contributed by atoms with Crippen LogP contribution in [0, 0.1) is 0 Å². The lowest BCUT2D eigenvalue weighted by Crippen LogP contribution is -2.18. The average Bonchev–Trinajstić information content (AvgIpc) is 3.12. The van der Waals surface area contributed by atoms with E-state index >= 15 is 0 Å². The molecular weight excluding hydrogens is 260 g/mol. The van der Waals surface area contributed by atoms with Gasteiger partial charge in [0.1, 0.15) is 0 Å². The molecule has 0 atom stereocenters. The molecule has 0 unspecified atom stereocenters. The van der Waals surface area contributed by atoms with Crippen LogP contribution in [-0.2, 0) is 30.7 Å². The molecule has 3 rings (SSSR count). The standard InChI is InChI=1S/C18H24N2O/c1-21-10-8-19-12-16-7-9-20(14-16)13-15-5-6-17-3-2-4-18(17)11-15/h5-7,9,11,14,19H,2-4,8,10,12-13H2,1H3. The molecule has 1 heterocycles. The normalized spacial score (nSPS) is 13.6. The molecule has 0 fully saturated rings. The topological polar surface area (TPSA) is 26.2 Å². The zero-order chi connectivity index (χ0) is 14.5. The second-order valence-corrected chi connectivity index (χ2v) is 5.82. The van der Waals surface area contributed by atoms with Crippen LogP contribution < -0.4 is 5.32 Å². The molecule has 0 spiro atoms. The number of methoxy groups -OCH3 is 1. The predicted molar refractivity (Wildman–Crippen MR) is 85.6 cm³/mol. The van der Waals surface area contributed by atoms with Gasteiger partial charge in [0.05, 0.1) is 6.61 Å². The van der Waals surface area contributed by atoms with E-state index in [1.807, 2.05) is 0 Å². The van der Waals surface area contributed by atoms with Crippen LogP contribution in [0.2, 0.25) is 0 Å². The van der Waals surface area contributed by atoms with Crippen LogP contribution in [0.1, 0.15) is 28.7 Å². The van der Waals surface area contributed by atoms with Crippen molar-refractivity contribution in [1.29, 1.82) is 0 Å². The number of aromatic nitrogens is 1. The number of nitrogens with zero attached hydrogens (tertiary/aromatic N) is 1. The molecule has 1 aromatic carbocycles. The Hall–Kier alpha value is -1.58. The third-order valence-electron chi connectivity index (χ3n) is 4.15. The number of fused-ring (bicyclic) bond motifs is 1. The SMILES string of the molecule is COCCNCc1ccn(Cc2ccc3c(c2)CCC3)c1. The van der Waals surface area contributed by atoms with Crippen LogP contribution in [0.3, 0.4) is 0 Å². The van der Waals surface area contributed by atoms with E-state index in [0.29, 0.717) is 0 Å². The number of hydrogen-bond acceptors (Lipinski definition) is 2. The third kappa shape index (κ3) is 3.74. The van der Waals surface area contributed by atoms with E-state index < -0.39 is 0 Å². The van der Waals surface area contributed by atoms with Crippen molar-refractivity contribution in [2.75, 3.05) is 20.3 Å². The molecule has 0 saturated heterocycles. The van der Waals surface area contributed by atoms with Crippen LogP contribution in [-0.4, -0.2) is 24.8 Å². The first-order valence-electron chi connectivity index (χ1n) is 7.80. The van der Waals surface area contributed by atoms with Crippen molar-refractivity contribution in [2.45, 2.75) is 32.4 Å². The molecule has 0 saturated carbocycles. The monoisotopic (exact) mass is 284 g/mol. The highest BCUT2D eigenvalue weighted by atomic mass is 16.5. The summed E-state index contributed by atoms with van der Waals surface area (Å²) in [6.45, 7) is 3.52. The number of rotatable bonds is 7. The van der Waals surface area contributed by atoms with Crippen LogP contribution in [0.25, 0.3) is 0 Å². The highest BCUT2D eigenvalue weighted by Gasteiger charge is 2.10. The van der Waals surface area contributed by atoms with Crippen LogP contribution in [0.15, 0.2) is 36.7 Å². The molecule has 0 bridgehead atoms. The lowest BCUT2D eigenvalue weighted by Gasteiger charge is -2.06. The predicted octanol–water partition coefficient (Wildman–Crippen LogP) is 2.76. The smallest absolute Gasteiger partial charge is 0.0587 e. The fraction of sp³-hybridized carbons (Fsp3) is 0.444. The third-order valence-corrected chi connectivity index (χ3v) is 4.15. The van der Waals surface area contributed by atoms with E-state index in [0.717, 1.165) is 26.2 Å². The van der Waals surface area contributed by atoms with Gasteiger partial charge in [-0.3, -0.25) is 0 Å². The Labute approximate surface area is 126 Å². The first kappa shape index (κ1) is 14.4. The summed E-state index contributed by atoms with van der Waals surface area (Å²) in [4.78, 5) is 0. The average molecular weight is 284 g/mol. The van der Waals surface area contributed by atoms with Gasteiger partial charge in [0.15, 0.2) is 0 Å². The summed E-state index contributed by atoms with van der Waals surface area (Å²) >= 11 is 0. The molecule has 0 radical (unpaired) electrons. The maximum atomic E-state index is 5.03. The van der Waals surface area contributed by atoms with Crippen LogP contribution >= 0.6 is 0 Å². The van der Waals surface area contributed by atoms with Crippen molar-refractivity contribution in [1.82, 2.24) is 9.88 Å². The molecule has 1 aromatic heterocycles. The molecule has 3 heteroatoms. The maximum absolute atomic E-state index is 5.03. The quantitative estimate of drug-likeness (QED) is 0.791. The number of hydrogen-bond donors (Lipinski definition) is 1. The second kappa shape index (κ2) is 6.92. The van der Waals surface area contributed by atoms with Gasteiger partial charge in [0.25, 0.3) is 0 Å². The first-order valence-corrected chi connectivity index (χ1v) is 7.80. The number of nitrogens with one attached hydrogen (secondary N) is 1. The minimum atomic E-state index is 0.760. The fourth-order valence-corrected chi connectivity index (χ4v) is 3.03. The Balaban J connectivity index is 1.57. The van der Waals surface area contributed by atoms with Crippen molar-refractivity contribution < 1.29 is 4.74 Å². The Kier molecular flexibility index (Phi) is 4.73. The molecule has 0 aliphatic heterocycles. The molecule has 3 nitrogen and oxygen atoms in total. The maximum Gasteiger partial charge on any atom is 0.0587 e. The minimum Gasteiger partial charge on any atom is -0.383 e. The summed E-state index contributed by atoms with van der Waals surface area (Å²) in [6, 6.07) is 9.17. The van der Waals surface area contributed by atoms with Gasteiger partial charge in [0, 0.05) is 39.1 Å². The highest BCUT2D eigenvalue weighted by molar-refractivity contribution is 5.35. The van der Waals surface area contributed by atoms with Crippen LogP contribution in [0.4, 0.5) is 0 Å². The Morgan fingerprint density at radius 2 is 2.05 bits per heavy atom. The van der Waals surface area contributed by atoms with E-state index in [9.17, 15) is 0 Å². The van der Waals surface area contributed by atoms with Crippen molar-refractivity contribution in [2.24, 2.45) is 0 Å². The number of aryl methyl sites for hydroxylation is 2. The Bertz CT molecular complexity index is 589. The van der Waals surface area contributed by atoms with Crippen molar-refractivity contribution in [3.63, 3.8) is 0 Å². The fourth-order valence-electron chi connectivity index (χ4n) is 3.03. The van der Waals surface area contributed by atoms with Gasteiger partial charge in [-0.25, -0.2) is 0 Å². The highest BCUT2D eigenvalue weighted by Crippen LogP contribution is 2.23. The molecule has 1 N–H and O–H groups in total. The summed E-state index contributed by atoms with van der Waals surface area (Å²) in [5.41, 5.74) is 5.84. The first-order chi connectivity index (χ1) is 10.3. The minimum absolute atomic E-state index is 0.760. The number of benzene rings is 1. The van der Waals surface area contributed by atoms with E-state index in [1.165, 1.54) is 30.4 Å². The lowest BCUT2D eigenvalue weighted by atomic mass is 10.1. The van der Waals surface area contributed by atoms with E-state index in [2.05, 4.69) is 46.5 Å². The molecule has 2 aromatic rings. The summed E-state index contributed by atoms with van der Waals surface area (Å²) in [5, 5.41) is 3.38. The summed E-state index contributed by atoms with van der Waals surface area (Å²) < 4.78 is 7.30. The van der Waals surface area contributed by atoms with Crippen molar-refractivity contribution >= 4 is 0 Å². The van der Waals surface area contributed by atoms with E-state index in [-0.39, 0.29) is 0 Å². The summed E-state index contributed by atoms with van der Waals surface area (Å²) in [5.74, 6) is 0. The Morgan fingerprint density at radius 1 is 1.14 bits per heavy atom. The van der Waals surface area contributed by atoms with Gasteiger partial charge in [-0.1, -0.05) is 18.2 Å². The number of ether oxygens (including phenoxy) is 1. The Morgan fingerprint density at radius 3 is 2.95 bits per heavy atom. The van der Waals surface area contributed by atoms with Gasteiger partial charge in [-0.05, 0) is 47.6 Å². The van der Waals surface area contributed by atoms with Crippen molar-refractivity contribution in [3.05, 3.63) is 58.9 Å². The summed E-state index contributed by atoms with van der Waals surface area (Å²) in [6.07, 6.45) is 8.23. The molecule has 21 heavy (non-hydrogen) atoms. The summed E-state index contributed by atoms with van der Waals surface area (Å²) in [7, 11) is 1.73. The zero-order valence-electron chi connectivity index (χ0n) is 12.8. The molecule has 112 valence electrons. The zero-order valence-corrected chi connectivity index (χ0v) is 12.8. The van der Waals surface area contributed by atoms with Crippen LogP contribution in [0.5, 0.6) is 0 Å². The van der Waals surface area contributed by atoms with Crippen molar-refractivity contribution in [3.8, 4) is 0 Å². The lowest BCUT2D eigenvalue weighted by molar-refractivity contribution is 0.199. The van der Waals surface area contributed by atoms with Gasteiger partial charge in [0.2, 0.25) is 0 Å². The van der Waals surface area contributed by atoms with Gasteiger partial charge in [-0.15, -0.1) is 0 Å².